The van der Waals surface area contributed by atoms with Gasteiger partial charge >= 0.3 is 0 Å². The van der Waals surface area contributed by atoms with Crippen molar-refractivity contribution in [2.24, 2.45) is 5.73 Å². The summed E-state index contributed by atoms with van der Waals surface area (Å²) in [4.78, 5) is 11.4. The summed E-state index contributed by atoms with van der Waals surface area (Å²) >= 11 is 1.78. The van der Waals surface area contributed by atoms with Crippen molar-refractivity contribution in [2.75, 3.05) is 18.9 Å². The summed E-state index contributed by atoms with van der Waals surface area (Å²) in [5.41, 5.74) is 4.82. The Hall–Kier alpha value is -0.260. The summed E-state index contributed by atoms with van der Waals surface area (Å²) < 4.78 is 5.49. The lowest BCUT2D eigenvalue weighted by Crippen LogP contribution is -2.55. The van der Waals surface area contributed by atoms with Crippen molar-refractivity contribution < 1.29 is 9.53 Å². The van der Waals surface area contributed by atoms with E-state index in [1.807, 2.05) is 13.8 Å². The topological polar surface area (TPSA) is 64.3 Å². The van der Waals surface area contributed by atoms with Gasteiger partial charge in [-0.15, -0.1) is 0 Å². The number of rotatable bonds is 6. The third-order valence-corrected chi connectivity index (χ3v) is 4.79. The van der Waals surface area contributed by atoms with Gasteiger partial charge in [0.25, 0.3) is 0 Å². The van der Waals surface area contributed by atoms with Crippen LogP contribution in [0.15, 0.2) is 0 Å². The van der Waals surface area contributed by atoms with Crippen molar-refractivity contribution in [3.05, 3.63) is 0 Å². The molecule has 1 fully saturated rings. The van der Waals surface area contributed by atoms with Crippen LogP contribution in [0.5, 0.6) is 0 Å². The first-order valence-corrected chi connectivity index (χ1v) is 6.82. The molecule has 0 spiro atoms. The minimum Gasteiger partial charge on any atom is -0.377 e. The first-order chi connectivity index (χ1) is 7.49. The number of thioether (sulfide) groups is 1. The van der Waals surface area contributed by atoms with Crippen LogP contribution in [-0.4, -0.2) is 41.7 Å². The fraction of sp³-hybridized carbons (Fsp3) is 0.909. The predicted molar refractivity (Wildman–Crippen MR) is 67.6 cm³/mol. The molecule has 3 unspecified atom stereocenters. The maximum atomic E-state index is 11.4. The van der Waals surface area contributed by atoms with Crippen LogP contribution in [-0.2, 0) is 9.53 Å². The predicted octanol–water partition coefficient (Wildman–Crippen LogP) is 0.751. The summed E-state index contributed by atoms with van der Waals surface area (Å²) in [6.07, 6.45) is 1.34. The number of primary amides is 1. The minimum atomic E-state index is -0.609. The van der Waals surface area contributed by atoms with E-state index in [-0.39, 0.29) is 12.0 Å². The molecule has 1 rings (SSSR count). The van der Waals surface area contributed by atoms with Crippen LogP contribution in [0.1, 0.15) is 27.2 Å². The summed E-state index contributed by atoms with van der Waals surface area (Å²) in [5.74, 6) is 0.419. The van der Waals surface area contributed by atoms with Gasteiger partial charge in [0.1, 0.15) is 5.54 Å². The van der Waals surface area contributed by atoms with Crippen molar-refractivity contribution in [1.82, 2.24) is 5.32 Å². The highest BCUT2D eigenvalue weighted by atomic mass is 32.2. The number of ether oxygens (including phenoxy) is 1. The van der Waals surface area contributed by atoms with Crippen LogP contribution < -0.4 is 11.1 Å². The number of likely N-dealkylation sites (N-methyl/N-ethyl adjacent to an activating group) is 1. The van der Waals surface area contributed by atoms with Crippen molar-refractivity contribution in [3.8, 4) is 0 Å². The molecule has 1 aliphatic heterocycles. The fourth-order valence-corrected chi connectivity index (χ4v) is 3.21. The molecule has 0 bridgehead atoms. The second-order valence-electron chi connectivity index (χ2n) is 4.44. The van der Waals surface area contributed by atoms with Crippen LogP contribution in [0.4, 0.5) is 0 Å². The van der Waals surface area contributed by atoms with Gasteiger partial charge in [0.2, 0.25) is 5.91 Å². The van der Waals surface area contributed by atoms with E-state index in [1.165, 1.54) is 0 Å². The molecule has 0 aromatic heterocycles. The van der Waals surface area contributed by atoms with Gasteiger partial charge < -0.3 is 15.8 Å². The number of hydrogen-bond acceptors (Lipinski definition) is 4. The average molecular weight is 246 g/mol. The standard InChI is InChI=1S/C11H22N2O2S/c1-4-13-11(3,10(12)14)7-16-9-5-6-15-8(9)2/h8-9,13H,4-7H2,1-3H3,(H2,12,14). The van der Waals surface area contributed by atoms with Gasteiger partial charge in [-0.2, -0.15) is 11.8 Å². The quantitative estimate of drug-likeness (QED) is 0.726. The zero-order valence-corrected chi connectivity index (χ0v) is 11.1. The first-order valence-electron chi connectivity index (χ1n) is 5.77. The molecule has 1 aliphatic rings. The van der Waals surface area contributed by atoms with Gasteiger partial charge in [-0.05, 0) is 26.8 Å². The molecule has 0 saturated carbocycles. The number of carbonyl (C=O) groups excluding carboxylic acids is 1. The van der Waals surface area contributed by atoms with E-state index < -0.39 is 5.54 Å². The maximum Gasteiger partial charge on any atom is 0.238 e. The largest absolute Gasteiger partial charge is 0.377 e. The molecule has 94 valence electrons. The van der Waals surface area contributed by atoms with Crippen molar-refractivity contribution in [1.29, 1.82) is 0 Å². The molecule has 1 amide bonds. The number of amides is 1. The van der Waals surface area contributed by atoms with E-state index in [9.17, 15) is 4.79 Å². The number of carbonyl (C=O) groups is 1. The van der Waals surface area contributed by atoms with Crippen LogP contribution in [0.25, 0.3) is 0 Å². The number of hydrogen-bond donors (Lipinski definition) is 2. The molecule has 0 radical (unpaired) electrons. The van der Waals surface area contributed by atoms with Gasteiger partial charge in [0, 0.05) is 17.6 Å². The van der Waals surface area contributed by atoms with Gasteiger partial charge in [0.05, 0.1) is 6.10 Å². The molecule has 3 atom stereocenters. The minimum absolute atomic E-state index is 0.281. The summed E-state index contributed by atoms with van der Waals surface area (Å²) in [7, 11) is 0. The molecular formula is C11H22N2O2S. The molecule has 4 nitrogen and oxygen atoms in total. The Morgan fingerprint density at radius 3 is 2.81 bits per heavy atom. The molecule has 0 aromatic rings. The lowest BCUT2D eigenvalue weighted by molar-refractivity contribution is -0.122. The molecular weight excluding hydrogens is 224 g/mol. The maximum absolute atomic E-state index is 11.4. The smallest absolute Gasteiger partial charge is 0.238 e. The Bertz CT molecular complexity index is 250. The lowest BCUT2D eigenvalue weighted by Gasteiger charge is -2.28. The molecule has 1 heterocycles. The van der Waals surface area contributed by atoms with E-state index in [2.05, 4.69) is 12.2 Å². The number of nitrogens with two attached hydrogens (primary N) is 1. The molecule has 0 aliphatic carbocycles. The fourth-order valence-electron chi connectivity index (χ4n) is 1.80. The Kier molecular flexibility index (Phi) is 5.08. The van der Waals surface area contributed by atoms with E-state index in [0.29, 0.717) is 11.0 Å². The molecule has 3 N–H and O–H groups in total. The Balaban J connectivity index is 2.46. The van der Waals surface area contributed by atoms with Gasteiger partial charge in [-0.1, -0.05) is 6.92 Å². The number of nitrogens with one attached hydrogen (secondary N) is 1. The van der Waals surface area contributed by atoms with E-state index >= 15 is 0 Å². The zero-order valence-electron chi connectivity index (χ0n) is 10.3. The van der Waals surface area contributed by atoms with Crippen LogP contribution in [0.2, 0.25) is 0 Å². The third-order valence-electron chi connectivity index (χ3n) is 3.00. The normalized spacial score (nSPS) is 28.9. The molecule has 5 heteroatoms. The summed E-state index contributed by atoms with van der Waals surface area (Å²) in [6, 6.07) is 0. The molecule has 1 saturated heterocycles. The van der Waals surface area contributed by atoms with E-state index in [4.69, 9.17) is 10.5 Å². The van der Waals surface area contributed by atoms with Gasteiger partial charge in [-0.25, -0.2) is 0 Å². The Morgan fingerprint density at radius 1 is 1.69 bits per heavy atom. The second-order valence-corrected chi connectivity index (χ2v) is 5.67. The molecule has 16 heavy (non-hydrogen) atoms. The van der Waals surface area contributed by atoms with Crippen LogP contribution in [0.3, 0.4) is 0 Å². The summed E-state index contributed by atoms with van der Waals surface area (Å²) in [6.45, 7) is 7.50. The monoisotopic (exact) mass is 246 g/mol. The van der Waals surface area contributed by atoms with E-state index in [1.54, 1.807) is 11.8 Å². The SMILES string of the molecule is CCNC(C)(CSC1CCOC1C)C(N)=O. The highest BCUT2D eigenvalue weighted by Gasteiger charge is 2.33. The Labute approximate surface area is 102 Å². The van der Waals surface area contributed by atoms with Crippen molar-refractivity contribution >= 4 is 17.7 Å². The average Bonchev–Trinajstić information content (AvgIpc) is 2.61. The zero-order chi connectivity index (χ0) is 12.2. The highest BCUT2D eigenvalue weighted by Crippen LogP contribution is 2.28. The van der Waals surface area contributed by atoms with Gasteiger partial charge in [0.15, 0.2) is 0 Å². The first kappa shape index (κ1) is 13.8. The van der Waals surface area contributed by atoms with Crippen LogP contribution in [0, 0.1) is 0 Å². The third kappa shape index (κ3) is 3.37. The van der Waals surface area contributed by atoms with Crippen molar-refractivity contribution in [3.63, 3.8) is 0 Å². The highest BCUT2D eigenvalue weighted by molar-refractivity contribution is 8.00. The van der Waals surface area contributed by atoms with E-state index in [0.717, 1.165) is 19.6 Å². The second kappa shape index (κ2) is 5.89. The lowest BCUT2D eigenvalue weighted by atomic mass is 10.1. The summed E-state index contributed by atoms with van der Waals surface area (Å²) in [5, 5.41) is 3.64. The Morgan fingerprint density at radius 2 is 2.38 bits per heavy atom. The van der Waals surface area contributed by atoms with Crippen LogP contribution >= 0.6 is 11.8 Å². The molecule has 0 aromatic carbocycles. The van der Waals surface area contributed by atoms with Gasteiger partial charge in [-0.3, -0.25) is 4.79 Å². The van der Waals surface area contributed by atoms with Crippen molar-refractivity contribution in [2.45, 2.75) is 44.1 Å².